The average molecular weight is 498 g/mol. The molecule has 2 aromatic rings. The molecule has 2 heterocycles. The summed E-state index contributed by atoms with van der Waals surface area (Å²) < 4.78 is 34.8. The molecular weight excluding hydrogens is 466 g/mol. The predicted molar refractivity (Wildman–Crippen MR) is 131 cm³/mol. The number of likely N-dealkylation sites (N-methyl/N-ethyl adjacent to an activating group) is 1. The van der Waals surface area contributed by atoms with Crippen molar-refractivity contribution in [3.63, 3.8) is 0 Å². The van der Waals surface area contributed by atoms with E-state index < -0.39 is 22.2 Å². The van der Waals surface area contributed by atoms with Crippen molar-refractivity contribution >= 4 is 15.9 Å². The molecule has 1 aromatic carbocycles. The minimum absolute atomic E-state index is 0.0328. The molecule has 2 aliphatic rings. The Balaban J connectivity index is 1.69. The van der Waals surface area contributed by atoms with Gasteiger partial charge in [-0.05, 0) is 50.1 Å². The lowest BCUT2D eigenvalue weighted by Crippen LogP contribution is -2.50. The third-order valence-corrected chi connectivity index (χ3v) is 8.37. The number of aliphatic hydroxyl groups is 1. The first-order valence-corrected chi connectivity index (χ1v) is 13.3. The van der Waals surface area contributed by atoms with Crippen LogP contribution in [0.3, 0.4) is 0 Å². The van der Waals surface area contributed by atoms with Gasteiger partial charge in [0.2, 0.25) is 10.0 Å². The van der Waals surface area contributed by atoms with E-state index >= 15 is 0 Å². The molecule has 4 rings (SSSR count). The van der Waals surface area contributed by atoms with Crippen molar-refractivity contribution in [2.75, 3.05) is 26.7 Å². The SMILES string of the molecule is C[C@H](CO)N1C[C@H](C)[C@@H](CN(C)C(=O)c2ccccn2)Oc2cc(C#CC3CC3)ccc2S1(=O)=O. The lowest BCUT2D eigenvalue weighted by molar-refractivity contribution is 0.0559. The predicted octanol–water partition coefficient (Wildman–Crippen LogP) is 2.38. The van der Waals surface area contributed by atoms with Crippen LogP contribution in [0.4, 0.5) is 0 Å². The van der Waals surface area contributed by atoms with Crippen LogP contribution in [-0.4, -0.2) is 72.5 Å². The number of aromatic nitrogens is 1. The summed E-state index contributed by atoms with van der Waals surface area (Å²) in [6, 6.07) is 9.41. The highest BCUT2D eigenvalue weighted by Crippen LogP contribution is 2.34. The number of benzene rings is 1. The lowest BCUT2D eigenvalue weighted by atomic mass is 10.0. The molecule has 1 N–H and O–H groups in total. The van der Waals surface area contributed by atoms with Crippen molar-refractivity contribution in [2.45, 2.75) is 43.7 Å². The topological polar surface area (TPSA) is 100 Å². The number of carbonyl (C=O) groups excluding carboxylic acids is 1. The largest absolute Gasteiger partial charge is 0.487 e. The normalized spacial score (nSPS) is 22.4. The molecule has 1 fully saturated rings. The Hall–Kier alpha value is -2.93. The van der Waals surface area contributed by atoms with Crippen molar-refractivity contribution in [1.29, 1.82) is 0 Å². The van der Waals surface area contributed by atoms with Crippen molar-refractivity contribution < 1.29 is 23.1 Å². The van der Waals surface area contributed by atoms with Gasteiger partial charge in [0.05, 0.1) is 13.2 Å². The van der Waals surface area contributed by atoms with Gasteiger partial charge in [0.15, 0.2) is 0 Å². The highest BCUT2D eigenvalue weighted by molar-refractivity contribution is 7.89. The molecule has 8 nitrogen and oxygen atoms in total. The Labute approximate surface area is 207 Å². The molecule has 35 heavy (non-hydrogen) atoms. The van der Waals surface area contributed by atoms with Crippen LogP contribution in [0.15, 0.2) is 47.5 Å². The summed E-state index contributed by atoms with van der Waals surface area (Å²) in [7, 11) is -2.25. The van der Waals surface area contributed by atoms with Gasteiger partial charge < -0.3 is 14.7 Å². The Morgan fingerprint density at radius 2 is 2.09 bits per heavy atom. The lowest BCUT2D eigenvalue weighted by Gasteiger charge is -2.37. The molecule has 0 spiro atoms. The zero-order valence-corrected chi connectivity index (χ0v) is 21.0. The number of hydrogen-bond acceptors (Lipinski definition) is 6. The number of aliphatic hydroxyl groups excluding tert-OH is 1. The zero-order chi connectivity index (χ0) is 25.2. The maximum absolute atomic E-state index is 13.6. The minimum Gasteiger partial charge on any atom is -0.487 e. The van der Waals surface area contributed by atoms with Crippen molar-refractivity contribution in [2.24, 2.45) is 11.8 Å². The van der Waals surface area contributed by atoms with Crippen LogP contribution < -0.4 is 4.74 Å². The van der Waals surface area contributed by atoms with Crippen LogP contribution in [0.2, 0.25) is 0 Å². The number of hydrogen-bond donors (Lipinski definition) is 1. The van der Waals surface area contributed by atoms with Gasteiger partial charge in [0.1, 0.15) is 22.4 Å². The van der Waals surface area contributed by atoms with Gasteiger partial charge in [-0.15, -0.1) is 0 Å². The van der Waals surface area contributed by atoms with E-state index in [-0.39, 0.29) is 42.2 Å². The quantitative estimate of drug-likeness (QED) is 0.637. The van der Waals surface area contributed by atoms with E-state index in [1.165, 1.54) is 15.3 Å². The van der Waals surface area contributed by atoms with E-state index in [2.05, 4.69) is 16.8 Å². The maximum atomic E-state index is 13.6. The number of nitrogens with zero attached hydrogens (tertiary/aromatic N) is 3. The number of rotatable bonds is 5. The molecule has 1 saturated carbocycles. The van der Waals surface area contributed by atoms with Gasteiger partial charge >= 0.3 is 0 Å². The fraction of sp³-hybridized carbons (Fsp3) is 0.462. The number of carbonyl (C=O) groups is 1. The third kappa shape index (κ3) is 5.67. The second kappa shape index (κ2) is 10.4. The Bertz CT molecular complexity index is 1230. The van der Waals surface area contributed by atoms with E-state index in [0.717, 1.165) is 12.8 Å². The van der Waals surface area contributed by atoms with Gasteiger partial charge in [-0.2, -0.15) is 4.31 Å². The number of fused-ring (bicyclic) bond motifs is 1. The molecule has 1 amide bonds. The van der Waals surface area contributed by atoms with Crippen molar-refractivity contribution in [3.05, 3.63) is 53.9 Å². The van der Waals surface area contributed by atoms with E-state index in [9.17, 15) is 18.3 Å². The van der Waals surface area contributed by atoms with Gasteiger partial charge in [0.25, 0.3) is 5.91 Å². The van der Waals surface area contributed by atoms with Crippen molar-refractivity contribution in [3.8, 4) is 17.6 Å². The summed E-state index contributed by atoms with van der Waals surface area (Å²) in [5, 5.41) is 9.78. The average Bonchev–Trinajstić information content (AvgIpc) is 3.69. The second-order valence-electron chi connectivity index (χ2n) is 9.35. The Morgan fingerprint density at radius 3 is 2.74 bits per heavy atom. The van der Waals surface area contributed by atoms with Crippen molar-refractivity contribution in [1.82, 2.24) is 14.2 Å². The summed E-state index contributed by atoms with van der Waals surface area (Å²) in [5.74, 6) is 6.40. The Morgan fingerprint density at radius 1 is 1.31 bits per heavy atom. The zero-order valence-electron chi connectivity index (χ0n) is 20.2. The molecule has 186 valence electrons. The molecular formula is C26H31N3O5S. The molecule has 3 atom stereocenters. The van der Waals surface area contributed by atoms with Crippen LogP contribution in [0, 0.1) is 23.7 Å². The van der Waals surface area contributed by atoms with Gasteiger partial charge in [-0.1, -0.05) is 24.8 Å². The monoisotopic (exact) mass is 497 g/mol. The molecule has 1 aromatic heterocycles. The van der Waals surface area contributed by atoms with E-state index in [4.69, 9.17) is 4.74 Å². The Kier molecular flexibility index (Phi) is 7.45. The van der Waals surface area contributed by atoms with E-state index in [1.807, 2.05) is 6.92 Å². The standard InChI is InChI=1S/C26H31N3O5S/c1-18-15-29(19(2)17-30)35(32,33)25-12-11-21(10-9-20-7-8-20)14-23(25)34-24(18)16-28(3)26(31)22-6-4-5-13-27-22/h4-6,11-14,18-20,24,30H,7-8,15-17H2,1-3H3/t18-,19+,24+/m0/s1. The molecule has 0 saturated heterocycles. The molecule has 9 heteroatoms. The van der Waals surface area contributed by atoms with Crippen LogP contribution in [0.1, 0.15) is 42.7 Å². The summed E-state index contributed by atoms with van der Waals surface area (Å²) in [5.41, 5.74) is 1.00. The maximum Gasteiger partial charge on any atom is 0.272 e. The second-order valence-corrected chi connectivity index (χ2v) is 11.2. The first-order chi connectivity index (χ1) is 16.7. The van der Waals surface area contributed by atoms with Gasteiger partial charge in [0, 0.05) is 43.2 Å². The highest BCUT2D eigenvalue weighted by Gasteiger charge is 2.38. The first kappa shape index (κ1) is 25.2. The van der Waals surface area contributed by atoms with E-state index in [0.29, 0.717) is 17.2 Å². The fourth-order valence-corrected chi connectivity index (χ4v) is 5.80. The molecule has 0 bridgehead atoms. The van der Waals surface area contributed by atoms with Crippen LogP contribution in [-0.2, 0) is 10.0 Å². The number of amides is 1. The first-order valence-electron chi connectivity index (χ1n) is 11.8. The summed E-state index contributed by atoms with van der Waals surface area (Å²) >= 11 is 0. The van der Waals surface area contributed by atoms with Crippen LogP contribution in [0.5, 0.6) is 5.75 Å². The number of sulfonamides is 1. The fourth-order valence-electron chi connectivity index (χ4n) is 3.97. The molecule has 1 aliphatic heterocycles. The number of ether oxygens (including phenoxy) is 1. The van der Waals surface area contributed by atoms with E-state index in [1.54, 1.807) is 50.5 Å². The molecule has 0 radical (unpaired) electrons. The van der Waals surface area contributed by atoms with Crippen LogP contribution >= 0.6 is 0 Å². The summed E-state index contributed by atoms with van der Waals surface area (Å²) in [6.45, 7) is 3.62. The van der Waals surface area contributed by atoms with Gasteiger partial charge in [-0.25, -0.2) is 8.42 Å². The smallest absolute Gasteiger partial charge is 0.272 e. The highest BCUT2D eigenvalue weighted by atomic mass is 32.2. The minimum atomic E-state index is -3.92. The van der Waals surface area contributed by atoms with Crippen LogP contribution in [0.25, 0.3) is 0 Å². The molecule has 1 aliphatic carbocycles. The molecule has 0 unspecified atom stereocenters. The summed E-state index contributed by atoms with van der Waals surface area (Å²) in [6.07, 6.45) is 3.25. The summed E-state index contributed by atoms with van der Waals surface area (Å²) in [4.78, 5) is 18.6. The number of pyridine rings is 1. The third-order valence-electron chi connectivity index (χ3n) is 6.35. The van der Waals surface area contributed by atoms with Gasteiger partial charge in [-0.3, -0.25) is 9.78 Å².